The monoisotopic (exact) mass is 251 g/mol. The molecule has 2 nitrogen and oxygen atoms in total. The number of aryl methyl sites for hydroxylation is 1. The SMILES string of the molecule is CCCCC(CC)CC(NC)c1ccoc1CC. The lowest BCUT2D eigenvalue weighted by molar-refractivity contribution is 0.361. The molecule has 18 heavy (non-hydrogen) atoms. The van der Waals surface area contributed by atoms with Gasteiger partial charge in [0, 0.05) is 18.0 Å². The maximum Gasteiger partial charge on any atom is 0.108 e. The normalized spacial score (nSPS) is 14.7. The third-order valence-corrected chi connectivity index (χ3v) is 3.94. The maximum absolute atomic E-state index is 5.55. The first kappa shape index (κ1) is 15.3. The molecule has 0 fully saturated rings. The first-order chi connectivity index (χ1) is 8.76. The van der Waals surface area contributed by atoms with Gasteiger partial charge in [0.15, 0.2) is 0 Å². The number of nitrogens with one attached hydrogen (secondary N) is 1. The molecule has 0 bridgehead atoms. The fraction of sp³-hybridized carbons (Fsp3) is 0.750. The maximum atomic E-state index is 5.55. The van der Waals surface area contributed by atoms with Gasteiger partial charge >= 0.3 is 0 Å². The average molecular weight is 251 g/mol. The molecule has 0 radical (unpaired) electrons. The molecule has 0 aliphatic carbocycles. The van der Waals surface area contributed by atoms with Gasteiger partial charge in [-0.25, -0.2) is 0 Å². The van der Waals surface area contributed by atoms with Gasteiger partial charge in [-0.2, -0.15) is 0 Å². The van der Waals surface area contributed by atoms with Gasteiger partial charge in [-0.15, -0.1) is 0 Å². The van der Waals surface area contributed by atoms with Gasteiger partial charge in [-0.1, -0.05) is 46.5 Å². The van der Waals surface area contributed by atoms with Crippen molar-refractivity contribution in [2.24, 2.45) is 5.92 Å². The highest BCUT2D eigenvalue weighted by atomic mass is 16.3. The van der Waals surface area contributed by atoms with E-state index in [1.165, 1.54) is 37.7 Å². The Balaban J connectivity index is 2.65. The summed E-state index contributed by atoms with van der Waals surface area (Å²) >= 11 is 0. The van der Waals surface area contributed by atoms with Crippen LogP contribution in [0.15, 0.2) is 16.7 Å². The molecule has 0 aliphatic rings. The average Bonchev–Trinajstić information content (AvgIpc) is 2.87. The molecule has 2 heteroatoms. The third-order valence-electron chi connectivity index (χ3n) is 3.94. The summed E-state index contributed by atoms with van der Waals surface area (Å²) in [4.78, 5) is 0. The molecule has 0 amide bonds. The predicted octanol–water partition coefficient (Wildman–Crippen LogP) is 4.71. The minimum Gasteiger partial charge on any atom is -0.469 e. The minimum atomic E-state index is 0.445. The summed E-state index contributed by atoms with van der Waals surface area (Å²) in [6.07, 6.45) is 9.30. The van der Waals surface area contributed by atoms with Crippen LogP contribution in [0.4, 0.5) is 0 Å². The van der Waals surface area contributed by atoms with Gasteiger partial charge in [0.25, 0.3) is 0 Å². The Hall–Kier alpha value is -0.760. The highest BCUT2D eigenvalue weighted by Gasteiger charge is 2.19. The zero-order chi connectivity index (χ0) is 13.4. The van der Waals surface area contributed by atoms with Gasteiger partial charge in [-0.3, -0.25) is 0 Å². The Morgan fingerprint density at radius 2 is 2.06 bits per heavy atom. The van der Waals surface area contributed by atoms with Crippen LogP contribution in [0.25, 0.3) is 0 Å². The van der Waals surface area contributed by atoms with E-state index in [-0.39, 0.29) is 0 Å². The Morgan fingerprint density at radius 1 is 1.28 bits per heavy atom. The largest absolute Gasteiger partial charge is 0.469 e. The van der Waals surface area contributed by atoms with Gasteiger partial charge in [0.2, 0.25) is 0 Å². The molecule has 0 saturated heterocycles. The van der Waals surface area contributed by atoms with Crippen LogP contribution in [0.3, 0.4) is 0 Å². The van der Waals surface area contributed by atoms with Crippen LogP contribution < -0.4 is 5.32 Å². The van der Waals surface area contributed by atoms with Crippen LogP contribution in [-0.2, 0) is 6.42 Å². The molecule has 1 aromatic heterocycles. The van der Waals surface area contributed by atoms with Crippen molar-refractivity contribution in [3.05, 3.63) is 23.7 Å². The molecule has 0 aliphatic heterocycles. The number of unbranched alkanes of at least 4 members (excludes halogenated alkanes) is 1. The van der Waals surface area contributed by atoms with E-state index in [1.54, 1.807) is 0 Å². The summed E-state index contributed by atoms with van der Waals surface area (Å²) in [5.41, 5.74) is 1.36. The van der Waals surface area contributed by atoms with Gasteiger partial charge in [-0.05, 0) is 25.5 Å². The van der Waals surface area contributed by atoms with Crippen molar-refractivity contribution >= 4 is 0 Å². The second kappa shape index (κ2) is 8.36. The van der Waals surface area contributed by atoms with Crippen molar-refractivity contribution in [3.8, 4) is 0 Å². The summed E-state index contributed by atoms with van der Waals surface area (Å²) in [5, 5.41) is 3.46. The standard InChI is InChI=1S/C16H29NO/c1-5-8-9-13(6-2)12-15(17-4)14-10-11-18-16(14)7-3/h10-11,13,15,17H,5-9,12H2,1-4H3. The molecule has 1 rings (SSSR count). The summed E-state index contributed by atoms with van der Waals surface area (Å²) in [6, 6.07) is 2.58. The number of hydrogen-bond donors (Lipinski definition) is 1. The van der Waals surface area contributed by atoms with E-state index in [9.17, 15) is 0 Å². The number of hydrogen-bond acceptors (Lipinski definition) is 2. The molecule has 1 heterocycles. The number of furan rings is 1. The second-order valence-corrected chi connectivity index (χ2v) is 5.15. The molecular weight excluding hydrogens is 222 g/mol. The van der Waals surface area contributed by atoms with Crippen LogP contribution in [0.2, 0.25) is 0 Å². The van der Waals surface area contributed by atoms with Crippen molar-refractivity contribution in [3.63, 3.8) is 0 Å². The smallest absolute Gasteiger partial charge is 0.108 e. The molecule has 1 N–H and O–H groups in total. The molecule has 1 aromatic rings. The lowest BCUT2D eigenvalue weighted by Gasteiger charge is -2.22. The van der Waals surface area contributed by atoms with Crippen molar-refractivity contribution in [1.82, 2.24) is 5.32 Å². The fourth-order valence-electron chi connectivity index (χ4n) is 2.66. The Labute approximate surface area is 112 Å². The summed E-state index contributed by atoms with van der Waals surface area (Å²) in [5.74, 6) is 1.96. The van der Waals surface area contributed by atoms with E-state index in [0.29, 0.717) is 6.04 Å². The van der Waals surface area contributed by atoms with Crippen LogP contribution in [0.5, 0.6) is 0 Å². The minimum absolute atomic E-state index is 0.445. The highest BCUT2D eigenvalue weighted by Crippen LogP contribution is 2.29. The summed E-state index contributed by atoms with van der Waals surface area (Å²) in [6.45, 7) is 6.74. The van der Waals surface area contributed by atoms with Crippen LogP contribution in [-0.4, -0.2) is 7.05 Å². The zero-order valence-electron chi connectivity index (χ0n) is 12.5. The lowest BCUT2D eigenvalue weighted by Crippen LogP contribution is -2.20. The second-order valence-electron chi connectivity index (χ2n) is 5.15. The van der Waals surface area contributed by atoms with Crippen molar-refractivity contribution in [2.45, 2.75) is 65.3 Å². The van der Waals surface area contributed by atoms with E-state index < -0.39 is 0 Å². The van der Waals surface area contributed by atoms with Crippen molar-refractivity contribution in [1.29, 1.82) is 0 Å². The molecule has 2 atom stereocenters. The quantitative estimate of drug-likeness (QED) is 0.687. The van der Waals surface area contributed by atoms with E-state index in [4.69, 9.17) is 4.42 Å². The molecular formula is C16H29NO. The van der Waals surface area contributed by atoms with Gasteiger partial charge in [0.05, 0.1) is 6.26 Å². The Kier molecular flexibility index (Phi) is 7.11. The van der Waals surface area contributed by atoms with E-state index in [1.807, 2.05) is 6.26 Å². The van der Waals surface area contributed by atoms with Crippen molar-refractivity contribution < 1.29 is 4.42 Å². The van der Waals surface area contributed by atoms with Crippen LogP contribution in [0, 0.1) is 5.92 Å². The van der Waals surface area contributed by atoms with Crippen LogP contribution in [0.1, 0.15) is 70.2 Å². The topological polar surface area (TPSA) is 25.2 Å². The first-order valence-corrected chi connectivity index (χ1v) is 7.50. The van der Waals surface area contributed by atoms with E-state index >= 15 is 0 Å². The molecule has 0 saturated carbocycles. The Morgan fingerprint density at radius 3 is 2.61 bits per heavy atom. The molecule has 0 aromatic carbocycles. The van der Waals surface area contributed by atoms with Gasteiger partial charge in [0.1, 0.15) is 5.76 Å². The number of rotatable bonds is 9. The lowest BCUT2D eigenvalue weighted by atomic mass is 9.89. The van der Waals surface area contributed by atoms with E-state index in [2.05, 4.69) is 39.2 Å². The van der Waals surface area contributed by atoms with Gasteiger partial charge < -0.3 is 9.73 Å². The summed E-state index contributed by atoms with van der Waals surface area (Å²) in [7, 11) is 2.06. The zero-order valence-corrected chi connectivity index (χ0v) is 12.5. The fourth-order valence-corrected chi connectivity index (χ4v) is 2.66. The summed E-state index contributed by atoms with van der Waals surface area (Å²) < 4.78 is 5.55. The van der Waals surface area contributed by atoms with E-state index in [0.717, 1.165) is 18.1 Å². The molecule has 2 unspecified atom stereocenters. The predicted molar refractivity (Wildman–Crippen MR) is 77.8 cm³/mol. The first-order valence-electron chi connectivity index (χ1n) is 7.50. The van der Waals surface area contributed by atoms with Crippen molar-refractivity contribution in [2.75, 3.05) is 7.05 Å². The highest BCUT2D eigenvalue weighted by molar-refractivity contribution is 5.21. The molecule has 104 valence electrons. The van der Waals surface area contributed by atoms with Crippen LogP contribution >= 0.6 is 0 Å². The Bertz CT molecular complexity index is 319. The third kappa shape index (κ3) is 4.16. The molecule has 0 spiro atoms.